The lowest BCUT2D eigenvalue weighted by atomic mass is 10.3. The summed E-state index contributed by atoms with van der Waals surface area (Å²) in [6.07, 6.45) is 1.67. The van der Waals surface area contributed by atoms with Crippen LogP contribution in [0.3, 0.4) is 0 Å². The Kier molecular flexibility index (Phi) is 1.27. The largest absolute Gasteiger partial charge is 0.464 e. The zero-order valence-corrected chi connectivity index (χ0v) is 6.68. The van der Waals surface area contributed by atoms with Crippen LogP contribution in [0.5, 0.6) is 0 Å². The van der Waals surface area contributed by atoms with Crippen LogP contribution in [0.1, 0.15) is 0 Å². The van der Waals surface area contributed by atoms with E-state index in [0.717, 1.165) is 15.4 Å². The number of benzene rings is 1. The zero-order chi connectivity index (χ0) is 6.97. The minimum Gasteiger partial charge on any atom is -0.464 e. The van der Waals surface area contributed by atoms with Crippen LogP contribution in [0.25, 0.3) is 11.0 Å². The molecule has 0 fully saturated rings. The van der Waals surface area contributed by atoms with Crippen molar-refractivity contribution in [2.45, 2.75) is 0 Å². The molecule has 0 atom stereocenters. The molecule has 10 heavy (non-hydrogen) atoms. The average Bonchev–Trinajstić information content (AvgIpc) is 2.36. The van der Waals surface area contributed by atoms with Crippen molar-refractivity contribution in [1.29, 1.82) is 0 Å². The van der Waals surface area contributed by atoms with Gasteiger partial charge in [-0.05, 0) is 24.3 Å². The van der Waals surface area contributed by atoms with E-state index in [4.69, 9.17) is 4.42 Å². The first kappa shape index (κ1) is 5.98. The fraction of sp³-hybridized carbons (Fsp3) is 0. The Bertz CT molecular complexity index is 351. The molecule has 1 nitrogen and oxygen atoms in total. The first-order chi connectivity index (χ1) is 4.88. The van der Waals surface area contributed by atoms with Gasteiger partial charge in [-0.25, -0.2) is 0 Å². The Morgan fingerprint density at radius 3 is 3.10 bits per heavy atom. The number of fused-ring (bicyclic) bond motifs is 1. The molecule has 0 aliphatic rings. The molecule has 1 heterocycles. The summed E-state index contributed by atoms with van der Waals surface area (Å²) in [5.74, 6) is 0. The van der Waals surface area contributed by atoms with Gasteiger partial charge < -0.3 is 4.42 Å². The van der Waals surface area contributed by atoms with E-state index in [0.29, 0.717) is 0 Å². The second-order valence-corrected chi connectivity index (χ2v) is 2.86. The molecule has 1 aromatic heterocycles. The summed E-state index contributed by atoms with van der Waals surface area (Å²) in [6, 6.07) is 8.57. The van der Waals surface area contributed by atoms with Gasteiger partial charge in [0.05, 0.1) is 6.26 Å². The topological polar surface area (TPSA) is 13.1 Å². The molecular weight excluding hydrogens is 192 g/mol. The van der Waals surface area contributed by atoms with Crippen molar-refractivity contribution in [2.24, 2.45) is 0 Å². The van der Waals surface area contributed by atoms with Gasteiger partial charge in [-0.3, -0.25) is 0 Å². The van der Waals surface area contributed by atoms with Crippen LogP contribution in [-0.4, -0.2) is 0 Å². The van der Waals surface area contributed by atoms with Gasteiger partial charge in [-0.15, -0.1) is 0 Å². The monoisotopic (exact) mass is 195 g/mol. The molecule has 49 valence electrons. The summed E-state index contributed by atoms with van der Waals surface area (Å²) in [5, 5.41) is 1.10. The number of rotatable bonds is 0. The maximum Gasteiger partial charge on any atom is 0.135 e. The lowest BCUT2D eigenvalue weighted by Crippen LogP contribution is -1.64. The van der Waals surface area contributed by atoms with Gasteiger partial charge in [-0.2, -0.15) is 0 Å². The summed E-state index contributed by atoms with van der Waals surface area (Å²) in [4.78, 5) is 0. The molecule has 0 saturated carbocycles. The van der Waals surface area contributed by atoms with Crippen molar-refractivity contribution in [3.8, 4) is 0 Å². The number of halogens is 1. The third-order valence-electron chi connectivity index (χ3n) is 1.38. The highest BCUT2D eigenvalue weighted by Crippen LogP contribution is 2.23. The minimum atomic E-state index is 0.870. The Hall–Kier alpha value is -0.760. The summed E-state index contributed by atoms with van der Waals surface area (Å²) >= 11 is 3.38. The maximum atomic E-state index is 5.14. The molecule has 0 bridgehead atoms. The third-order valence-corrected chi connectivity index (χ3v) is 2.03. The van der Waals surface area contributed by atoms with Gasteiger partial charge in [-0.1, -0.05) is 15.9 Å². The smallest absolute Gasteiger partial charge is 0.135 e. The van der Waals surface area contributed by atoms with Crippen LogP contribution >= 0.6 is 15.9 Å². The molecule has 1 aromatic carbocycles. The lowest BCUT2D eigenvalue weighted by Gasteiger charge is -1.88. The summed E-state index contributed by atoms with van der Waals surface area (Å²) < 4.78 is 6.16. The molecular formula is C8H4BrO. The van der Waals surface area contributed by atoms with Crippen molar-refractivity contribution in [2.75, 3.05) is 0 Å². The van der Waals surface area contributed by atoms with Gasteiger partial charge >= 0.3 is 0 Å². The average molecular weight is 196 g/mol. The van der Waals surface area contributed by atoms with Crippen molar-refractivity contribution < 1.29 is 4.42 Å². The van der Waals surface area contributed by atoms with Crippen LogP contribution in [0.15, 0.2) is 33.4 Å². The number of hydrogen-bond acceptors (Lipinski definition) is 1. The molecule has 0 unspecified atom stereocenters. The van der Waals surface area contributed by atoms with Crippen LogP contribution in [0.2, 0.25) is 0 Å². The van der Waals surface area contributed by atoms with E-state index in [-0.39, 0.29) is 0 Å². The van der Waals surface area contributed by atoms with Gasteiger partial charge in [0.15, 0.2) is 0 Å². The highest BCUT2D eigenvalue weighted by Gasteiger charge is 1.97. The van der Waals surface area contributed by atoms with Crippen molar-refractivity contribution in [3.63, 3.8) is 0 Å². The Morgan fingerprint density at radius 1 is 1.40 bits per heavy atom. The summed E-state index contributed by atoms with van der Waals surface area (Å²) in [5.41, 5.74) is 0.870. The van der Waals surface area contributed by atoms with Crippen LogP contribution in [0.4, 0.5) is 0 Å². The molecule has 0 saturated heterocycles. The predicted molar refractivity (Wildman–Crippen MR) is 42.8 cm³/mol. The van der Waals surface area contributed by atoms with E-state index < -0.39 is 0 Å². The highest BCUT2D eigenvalue weighted by molar-refractivity contribution is 9.10. The number of hydrogen-bond donors (Lipinski definition) is 0. The molecule has 0 aliphatic heterocycles. The van der Waals surface area contributed by atoms with Crippen molar-refractivity contribution in [1.82, 2.24) is 0 Å². The molecule has 0 aliphatic carbocycles. The second kappa shape index (κ2) is 2.13. The molecule has 1 radical (unpaired) electrons. The maximum absolute atomic E-state index is 5.14. The Labute approximate surface area is 66.8 Å². The molecule has 0 spiro atoms. The molecule has 2 rings (SSSR count). The molecule has 0 N–H and O–H groups in total. The standard InChI is InChI=1S/C8H4BrO/c9-7-2-1-3-8-6(7)4-5-10-8/h2-5H. The zero-order valence-electron chi connectivity index (χ0n) is 5.10. The normalized spacial score (nSPS) is 10.5. The summed E-state index contributed by atoms with van der Waals surface area (Å²) in [6.45, 7) is 0. The highest BCUT2D eigenvalue weighted by atomic mass is 79.9. The van der Waals surface area contributed by atoms with Crippen LogP contribution < -0.4 is 0 Å². The van der Waals surface area contributed by atoms with Crippen molar-refractivity contribution in [3.05, 3.63) is 35.0 Å². The Morgan fingerprint density at radius 2 is 2.30 bits per heavy atom. The molecule has 2 heteroatoms. The second-order valence-electron chi connectivity index (χ2n) is 2.00. The third kappa shape index (κ3) is 0.762. The Balaban J connectivity index is 2.95. The summed E-state index contributed by atoms with van der Waals surface area (Å²) in [7, 11) is 0. The van der Waals surface area contributed by atoms with E-state index in [2.05, 4.69) is 22.0 Å². The van der Waals surface area contributed by atoms with Crippen LogP contribution in [0, 0.1) is 6.07 Å². The van der Waals surface area contributed by atoms with E-state index in [1.807, 2.05) is 18.2 Å². The van der Waals surface area contributed by atoms with E-state index >= 15 is 0 Å². The van der Waals surface area contributed by atoms with Gasteiger partial charge in [0, 0.05) is 9.86 Å². The van der Waals surface area contributed by atoms with Crippen LogP contribution in [-0.2, 0) is 0 Å². The molecule has 0 amide bonds. The first-order valence-electron chi connectivity index (χ1n) is 2.91. The van der Waals surface area contributed by atoms with E-state index in [9.17, 15) is 0 Å². The number of furan rings is 1. The lowest BCUT2D eigenvalue weighted by molar-refractivity contribution is 0.616. The van der Waals surface area contributed by atoms with Gasteiger partial charge in [0.1, 0.15) is 5.58 Å². The van der Waals surface area contributed by atoms with Gasteiger partial charge in [0.25, 0.3) is 0 Å². The SMILES string of the molecule is Brc1c[c]cc2occc12. The fourth-order valence-corrected chi connectivity index (χ4v) is 1.36. The van der Waals surface area contributed by atoms with E-state index in [1.54, 1.807) is 6.26 Å². The van der Waals surface area contributed by atoms with Crippen molar-refractivity contribution >= 4 is 26.9 Å². The molecule has 2 aromatic rings. The predicted octanol–water partition coefficient (Wildman–Crippen LogP) is 3.00. The van der Waals surface area contributed by atoms with Gasteiger partial charge in [0.2, 0.25) is 0 Å². The minimum absolute atomic E-state index is 0.870. The first-order valence-corrected chi connectivity index (χ1v) is 3.70. The fourth-order valence-electron chi connectivity index (χ4n) is 0.898. The quantitative estimate of drug-likeness (QED) is 0.631. The van der Waals surface area contributed by atoms with E-state index in [1.165, 1.54) is 0 Å².